The van der Waals surface area contributed by atoms with Gasteiger partial charge in [-0.25, -0.2) is 0 Å². The van der Waals surface area contributed by atoms with Gasteiger partial charge < -0.3 is 19.5 Å². The van der Waals surface area contributed by atoms with E-state index in [1.54, 1.807) is 7.11 Å². The van der Waals surface area contributed by atoms with Gasteiger partial charge in [-0.2, -0.15) is 0 Å². The summed E-state index contributed by atoms with van der Waals surface area (Å²) in [7, 11) is 1.70. The molecule has 2 atom stereocenters. The molecule has 0 spiro atoms. The van der Waals surface area contributed by atoms with Gasteiger partial charge in [-0.05, 0) is 31.7 Å². The highest BCUT2D eigenvalue weighted by Gasteiger charge is 2.24. The average Bonchev–Trinajstić information content (AvgIpc) is 2.38. The number of nitrogens with one attached hydrogen (secondary N) is 1. The Hall–Kier alpha value is -0.160. The Morgan fingerprint density at radius 1 is 1.28 bits per heavy atom. The van der Waals surface area contributed by atoms with Crippen LogP contribution in [0.15, 0.2) is 0 Å². The van der Waals surface area contributed by atoms with Crippen LogP contribution in [0, 0.1) is 5.92 Å². The summed E-state index contributed by atoms with van der Waals surface area (Å²) < 4.78 is 16.1. The number of rotatable bonds is 9. The molecule has 4 heteroatoms. The normalized spacial score (nSPS) is 24.7. The van der Waals surface area contributed by atoms with E-state index >= 15 is 0 Å². The van der Waals surface area contributed by atoms with E-state index in [0.717, 1.165) is 39.0 Å². The Balaban J connectivity index is 1.98. The lowest BCUT2D eigenvalue weighted by Crippen LogP contribution is -2.41. The van der Waals surface area contributed by atoms with Gasteiger partial charge in [-0.3, -0.25) is 0 Å². The molecule has 0 aromatic heterocycles. The van der Waals surface area contributed by atoms with Gasteiger partial charge in [0.05, 0.1) is 19.3 Å². The van der Waals surface area contributed by atoms with Gasteiger partial charge in [0, 0.05) is 26.4 Å². The van der Waals surface area contributed by atoms with Crippen molar-refractivity contribution in [2.45, 2.75) is 45.3 Å². The van der Waals surface area contributed by atoms with Crippen molar-refractivity contribution in [1.82, 2.24) is 5.32 Å². The SMILES string of the molecule is COCCOCCCNC1CCOC(C(C)C)C1. The summed E-state index contributed by atoms with van der Waals surface area (Å²) in [5, 5.41) is 3.61. The molecular formula is C14H29NO3. The van der Waals surface area contributed by atoms with Gasteiger partial charge in [-0.1, -0.05) is 13.8 Å². The first kappa shape index (κ1) is 15.9. The maximum atomic E-state index is 5.76. The van der Waals surface area contributed by atoms with Gasteiger partial charge in [0.15, 0.2) is 0 Å². The van der Waals surface area contributed by atoms with Crippen molar-refractivity contribution in [3.63, 3.8) is 0 Å². The van der Waals surface area contributed by atoms with Crippen LogP contribution in [0.1, 0.15) is 33.1 Å². The van der Waals surface area contributed by atoms with Gasteiger partial charge in [-0.15, -0.1) is 0 Å². The topological polar surface area (TPSA) is 39.7 Å². The Morgan fingerprint density at radius 2 is 2.11 bits per heavy atom. The molecule has 1 aliphatic rings. The van der Waals surface area contributed by atoms with Crippen molar-refractivity contribution in [3.05, 3.63) is 0 Å². The minimum absolute atomic E-state index is 0.425. The third-order valence-corrected chi connectivity index (χ3v) is 3.39. The molecule has 0 radical (unpaired) electrons. The van der Waals surface area contributed by atoms with E-state index in [0.29, 0.717) is 31.3 Å². The fourth-order valence-electron chi connectivity index (χ4n) is 2.20. The summed E-state index contributed by atoms with van der Waals surface area (Å²) in [4.78, 5) is 0. The number of methoxy groups -OCH3 is 1. The molecule has 0 saturated carbocycles. The molecule has 1 fully saturated rings. The lowest BCUT2D eigenvalue weighted by molar-refractivity contribution is -0.0245. The van der Waals surface area contributed by atoms with Crippen LogP contribution in [-0.2, 0) is 14.2 Å². The number of ether oxygens (including phenoxy) is 3. The largest absolute Gasteiger partial charge is 0.382 e. The van der Waals surface area contributed by atoms with Crippen LogP contribution in [0.4, 0.5) is 0 Å². The van der Waals surface area contributed by atoms with Crippen molar-refractivity contribution in [2.75, 3.05) is 40.1 Å². The molecule has 1 N–H and O–H groups in total. The van der Waals surface area contributed by atoms with Gasteiger partial charge in [0.2, 0.25) is 0 Å². The second-order valence-corrected chi connectivity index (χ2v) is 5.29. The molecule has 1 aliphatic heterocycles. The third kappa shape index (κ3) is 6.69. The van der Waals surface area contributed by atoms with E-state index in [1.165, 1.54) is 0 Å². The summed E-state index contributed by atoms with van der Waals surface area (Å²) in [5.41, 5.74) is 0. The van der Waals surface area contributed by atoms with Crippen LogP contribution in [-0.4, -0.2) is 52.2 Å². The highest BCUT2D eigenvalue weighted by molar-refractivity contribution is 4.78. The summed E-state index contributed by atoms with van der Waals surface area (Å²) in [5.74, 6) is 0.618. The second kappa shape index (κ2) is 9.73. The zero-order valence-electron chi connectivity index (χ0n) is 12.1. The van der Waals surface area contributed by atoms with Crippen molar-refractivity contribution in [2.24, 2.45) is 5.92 Å². The van der Waals surface area contributed by atoms with E-state index < -0.39 is 0 Å². The van der Waals surface area contributed by atoms with E-state index in [-0.39, 0.29) is 0 Å². The van der Waals surface area contributed by atoms with Crippen molar-refractivity contribution >= 4 is 0 Å². The van der Waals surface area contributed by atoms with E-state index in [9.17, 15) is 0 Å². The Labute approximate surface area is 111 Å². The van der Waals surface area contributed by atoms with Crippen LogP contribution in [0.2, 0.25) is 0 Å². The first-order chi connectivity index (χ1) is 8.74. The number of hydrogen-bond donors (Lipinski definition) is 1. The third-order valence-electron chi connectivity index (χ3n) is 3.39. The van der Waals surface area contributed by atoms with Crippen LogP contribution in [0.3, 0.4) is 0 Å². The van der Waals surface area contributed by atoms with E-state index in [2.05, 4.69) is 19.2 Å². The molecule has 1 saturated heterocycles. The minimum atomic E-state index is 0.425. The summed E-state index contributed by atoms with van der Waals surface area (Å²) in [6.07, 6.45) is 3.76. The lowest BCUT2D eigenvalue weighted by Gasteiger charge is -2.32. The van der Waals surface area contributed by atoms with Crippen molar-refractivity contribution in [3.8, 4) is 0 Å². The fourth-order valence-corrected chi connectivity index (χ4v) is 2.20. The molecule has 2 unspecified atom stereocenters. The summed E-state index contributed by atoms with van der Waals surface area (Å²) in [6.45, 7) is 8.58. The zero-order chi connectivity index (χ0) is 13.2. The Kier molecular flexibility index (Phi) is 8.59. The Bertz CT molecular complexity index is 199. The minimum Gasteiger partial charge on any atom is -0.382 e. The fraction of sp³-hybridized carbons (Fsp3) is 1.00. The highest BCUT2D eigenvalue weighted by Crippen LogP contribution is 2.19. The molecule has 0 amide bonds. The van der Waals surface area contributed by atoms with Gasteiger partial charge in [0.25, 0.3) is 0 Å². The standard InChI is InChI=1S/C14H29NO3/c1-12(2)14-11-13(5-8-18-14)15-6-4-7-17-10-9-16-3/h12-15H,4-11H2,1-3H3. The monoisotopic (exact) mass is 259 g/mol. The molecule has 0 bridgehead atoms. The molecule has 0 aromatic rings. The maximum Gasteiger partial charge on any atom is 0.0700 e. The average molecular weight is 259 g/mol. The molecule has 18 heavy (non-hydrogen) atoms. The molecular weight excluding hydrogens is 230 g/mol. The highest BCUT2D eigenvalue weighted by atomic mass is 16.5. The molecule has 108 valence electrons. The Morgan fingerprint density at radius 3 is 2.83 bits per heavy atom. The molecule has 0 aromatic carbocycles. The zero-order valence-corrected chi connectivity index (χ0v) is 12.1. The predicted octanol–water partition coefficient (Wildman–Crippen LogP) is 1.83. The van der Waals surface area contributed by atoms with E-state index in [1.807, 2.05) is 0 Å². The van der Waals surface area contributed by atoms with Crippen molar-refractivity contribution in [1.29, 1.82) is 0 Å². The molecule has 1 rings (SSSR count). The molecule has 0 aliphatic carbocycles. The first-order valence-corrected chi connectivity index (χ1v) is 7.15. The maximum absolute atomic E-state index is 5.76. The van der Waals surface area contributed by atoms with Crippen LogP contribution >= 0.6 is 0 Å². The quantitative estimate of drug-likeness (QED) is 0.641. The number of hydrogen-bond acceptors (Lipinski definition) is 4. The van der Waals surface area contributed by atoms with Crippen LogP contribution in [0.5, 0.6) is 0 Å². The lowest BCUT2D eigenvalue weighted by atomic mass is 9.95. The van der Waals surface area contributed by atoms with Gasteiger partial charge in [0.1, 0.15) is 0 Å². The van der Waals surface area contributed by atoms with E-state index in [4.69, 9.17) is 14.2 Å². The second-order valence-electron chi connectivity index (χ2n) is 5.29. The smallest absolute Gasteiger partial charge is 0.0700 e. The van der Waals surface area contributed by atoms with Crippen molar-refractivity contribution < 1.29 is 14.2 Å². The van der Waals surface area contributed by atoms with Crippen LogP contribution in [0.25, 0.3) is 0 Å². The molecule has 4 nitrogen and oxygen atoms in total. The summed E-state index contributed by atoms with van der Waals surface area (Å²) in [6, 6.07) is 0.616. The van der Waals surface area contributed by atoms with Gasteiger partial charge >= 0.3 is 0 Å². The first-order valence-electron chi connectivity index (χ1n) is 7.15. The summed E-state index contributed by atoms with van der Waals surface area (Å²) >= 11 is 0. The predicted molar refractivity (Wildman–Crippen MR) is 72.9 cm³/mol. The van der Waals surface area contributed by atoms with Crippen LogP contribution < -0.4 is 5.32 Å². The molecule has 1 heterocycles.